The van der Waals surface area contributed by atoms with Crippen LogP contribution in [0, 0.1) is 0 Å². The molecule has 0 saturated carbocycles. The van der Waals surface area contributed by atoms with Crippen LogP contribution in [0.5, 0.6) is 0 Å². The number of fused-ring (bicyclic) bond motifs is 9. The standard InChI is InChI=1S/C46H29N3S/c1-3-15-30(16-4-1)41-29-42(49-45(48-41)31-17-5-2-6-18-31)40-27-14-26-39(47-40)34-21-13-25-38-44(34)50-43-28-12-11-24-37(43)46(38)35-22-9-7-19-32(35)33-20-8-10-23-36(33)46/h1-29H. The lowest BCUT2D eigenvalue weighted by Crippen LogP contribution is -2.32. The van der Waals surface area contributed by atoms with Gasteiger partial charge in [0.15, 0.2) is 5.82 Å². The molecule has 0 radical (unpaired) electrons. The highest BCUT2D eigenvalue weighted by molar-refractivity contribution is 7.99. The largest absolute Gasteiger partial charge is 0.246 e. The molecule has 0 N–H and O–H groups in total. The monoisotopic (exact) mass is 655 g/mol. The van der Waals surface area contributed by atoms with Crippen molar-refractivity contribution in [3.05, 3.63) is 198 Å². The van der Waals surface area contributed by atoms with Gasteiger partial charge in [0.1, 0.15) is 0 Å². The minimum atomic E-state index is -0.431. The van der Waals surface area contributed by atoms with Crippen molar-refractivity contribution >= 4 is 11.8 Å². The first-order valence-corrected chi connectivity index (χ1v) is 17.7. The van der Waals surface area contributed by atoms with Gasteiger partial charge in [0.05, 0.1) is 28.2 Å². The van der Waals surface area contributed by atoms with Gasteiger partial charge in [0.25, 0.3) is 0 Å². The zero-order valence-electron chi connectivity index (χ0n) is 27.0. The van der Waals surface area contributed by atoms with Crippen molar-refractivity contribution in [1.82, 2.24) is 15.0 Å². The molecule has 0 fully saturated rings. The number of pyridine rings is 1. The summed E-state index contributed by atoms with van der Waals surface area (Å²) >= 11 is 1.85. The fourth-order valence-corrected chi connectivity index (χ4v) is 9.17. The highest BCUT2D eigenvalue weighted by atomic mass is 32.2. The molecule has 0 amide bonds. The molecule has 1 spiro atoms. The quantitative estimate of drug-likeness (QED) is 0.189. The molecule has 1 aliphatic carbocycles. The Bertz CT molecular complexity index is 2480. The van der Waals surface area contributed by atoms with Crippen LogP contribution in [-0.4, -0.2) is 15.0 Å². The Balaban J connectivity index is 1.18. The van der Waals surface area contributed by atoms with Gasteiger partial charge in [-0.3, -0.25) is 0 Å². The third kappa shape index (κ3) is 4.35. The van der Waals surface area contributed by atoms with E-state index in [2.05, 4.69) is 140 Å². The predicted molar refractivity (Wildman–Crippen MR) is 203 cm³/mol. The first-order chi connectivity index (χ1) is 24.8. The number of aromatic nitrogens is 3. The van der Waals surface area contributed by atoms with E-state index in [0.29, 0.717) is 5.82 Å². The van der Waals surface area contributed by atoms with Gasteiger partial charge >= 0.3 is 0 Å². The highest BCUT2D eigenvalue weighted by Gasteiger charge is 2.50. The van der Waals surface area contributed by atoms with Crippen molar-refractivity contribution in [2.45, 2.75) is 15.2 Å². The van der Waals surface area contributed by atoms with Crippen LogP contribution in [0.15, 0.2) is 186 Å². The first-order valence-electron chi connectivity index (χ1n) is 16.9. The summed E-state index contributed by atoms with van der Waals surface area (Å²) < 4.78 is 0. The van der Waals surface area contributed by atoms with Gasteiger partial charge in [0, 0.05) is 26.5 Å². The van der Waals surface area contributed by atoms with E-state index in [1.807, 2.05) is 48.2 Å². The minimum Gasteiger partial charge on any atom is -0.246 e. The molecule has 8 aromatic rings. The van der Waals surface area contributed by atoms with E-state index in [1.165, 1.54) is 43.2 Å². The lowest BCUT2D eigenvalue weighted by atomic mass is 9.67. The molecular weight excluding hydrogens is 627 g/mol. The number of rotatable bonds is 4. The summed E-state index contributed by atoms with van der Waals surface area (Å²) in [7, 11) is 0. The second-order valence-electron chi connectivity index (χ2n) is 12.7. The smallest absolute Gasteiger partial charge is 0.160 e. The van der Waals surface area contributed by atoms with Gasteiger partial charge in [-0.25, -0.2) is 15.0 Å². The molecule has 6 aromatic carbocycles. The van der Waals surface area contributed by atoms with E-state index in [1.54, 1.807) is 0 Å². The topological polar surface area (TPSA) is 38.7 Å². The SMILES string of the molecule is c1ccc(-c2cc(-c3cccc(-c4cccc5c4Sc4ccccc4C54c5ccccc5-c5ccccc54)n3)nc(-c3ccccc3)n2)cc1. The summed E-state index contributed by atoms with van der Waals surface area (Å²) in [6, 6.07) is 62.3. The predicted octanol–water partition coefficient (Wildman–Crippen LogP) is 11.4. The first kappa shape index (κ1) is 28.9. The Morgan fingerprint density at radius 2 is 0.900 bits per heavy atom. The van der Waals surface area contributed by atoms with Crippen molar-refractivity contribution in [3.8, 4) is 56.4 Å². The Kier molecular flexibility index (Phi) is 6.64. The van der Waals surface area contributed by atoms with Crippen molar-refractivity contribution < 1.29 is 0 Å². The normalized spacial score (nSPS) is 13.3. The lowest BCUT2D eigenvalue weighted by Gasteiger charge is -2.40. The Hall–Kier alpha value is -6.10. The zero-order valence-corrected chi connectivity index (χ0v) is 27.8. The van der Waals surface area contributed by atoms with Crippen LogP contribution in [0.1, 0.15) is 22.3 Å². The van der Waals surface area contributed by atoms with Crippen LogP contribution < -0.4 is 0 Å². The average Bonchev–Trinajstić information content (AvgIpc) is 3.49. The molecule has 10 rings (SSSR count). The molecule has 4 heteroatoms. The number of hydrogen-bond acceptors (Lipinski definition) is 4. The Morgan fingerprint density at radius 1 is 0.360 bits per heavy atom. The van der Waals surface area contributed by atoms with Crippen molar-refractivity contribution in [3.63, 3.8) is 0 Å². The lowest BCUT2D eigenvalue weighted by molar-refractivity contribution is 0.723. The summed E-state index contributed by atoms with van der Waals surface area (Å²) in [5.41, 5.74) is 14.0. The summed E-state index contributed by atoms with van der Waals surface area (Å²) in [5, 5.41) is 0. The highest BCUT2D eigenvalue weighted by Crippen LogP contribution is 2.63. The second kappa shape index (κ2) is 11.5. The molecule has 0 bridgehead atoms. The van der Waals surface area contributed by atoms with Gasteiger partial charge < -0.3 is 0 Å². The van der Waals surface area contributed by atoms with E-state index in [-0.39, 0.29) is 0 Å². The van der Waals surface area contributed by atoms with E-state index < -0.39 is 5.41 Å². The summed E-state index contributed by atoms with van der Waals surface area (Å²) in [4.78, 5) is 17.9. The van der Waals surface area contributed by atoms with E-state index in [4.69, 9.17) is 15.0 Å². The number of benzene rings is 6. The van der Waals surface area contributed by atoms with Crippen molar-refractivity contribution in [2.75, 3.05) is 0 Å². The van der Waals surface area contributed by atoms with Gasteiger partial charge in [-0.05, 0) is 57.6 Å². The number of nitrogens with zero attached hydrogens (tertiary/aromatic N) is 3. The third-order valence-corrected chi connectivity index (χ3v) is 11.2. The molecule has 3 nitrogen and oxygen atoms in total. The van der Waals surface area contributed by atoms with Crippen molar-refractivity contribution in [2.24, 2.45) is 0 Å². The molecule has 1 aliphatic heterocycles. The van der Waals surface area contributed by atoms with Gasteiger partial charge in [0.2, 0.25) is 0 Å². The molecular formula is C46H29N3S. The fourth-order valence-electron chi connectivity index (χ4n) is 7.86. The van der Waals surface area contributed by atoms with Crippen LogP contribution in [0.4, 0.5) is 0 Å². The molecule has 234 valence electrons. The fraction of sp³-hybridized carbons (Fsp3) is 0.0217. The van der Waals surface area contributed by atoms with Gasteiger partial charge in [-0.15, -0.1) is 0 Å². The molecule has 0 atom stereocenters. The Morgan fingerprint density at radius 3 is 1.64 bits per heavy atom. The van der Waals surface area contributed by atoms with Crippen LogP contribution in [0.2, 0.25) is 0 Å². The maximum Gasteiger partial charge on any atom is 0.160 e. The molecule has 50 heavy (non-hydrogen) atoms. The van der Waals surface area contributed by atoms with E-state index >= 15 is 0 Å². The maximum atomic E-state index is 5.35. The minimum absolute atomic E-state index is 0.431. The van der Waals surface area contributed by atoms with E-state index in [9.17, 15) is 0 Å². The second-order valence-corrected chi connectivity index (χ2v) is 13.8. The van der Waals surface area contributed by atoms with Crippen LogP contribution >= 0.6 is 11.8 Å². The molecule has 2 aliphatic rings. The van der Waals surface area contributed by atoms with Gasteiger partial charge in [-0.1, -0.05) is 163 Å². The molecule has 3 heterocycles. The van der Waals surface area contributed by atoms with Crippen LogP contribution in [-0.2, 0) is 5.41 Å². The summed E-state index contributed by atoms with van der Waals surface area (Å²) in [5.74, 6) is 0.680. The summed E-state index contributed by atoms with van der Waals surface area (Å²) in [6.45, 7) is 0. The molecule has 0 saturated heterocycles. The molecule has 2 aromatic heterocycles. The Labute approximate surface area is 295 Å². The molecule has 0 unspecified atom stereocenters. The van der Waals surface area contributed by atoms with Gasteiger partial charge in [-0.2, -0.15) is 0 Å². The van der Waals surface area contributed by atoms with Crippen LogP contribution in [0.25, 0.3) is 56.4 Å². The average molecular weight is 656 g/mol. The maximum absolute atomic E-state index is 5.35. The zero-order chi connectivity index (χ0) is 33.1. The van der Waals surface area contributed by atoms with Crippen LogP contribution in [0.3, 0.4) is 0 Å². The number of hydrogen-bond donors (Lipinski definition) is 0. The van der Waals surface area contributed by atoms with E-state index in [0.717, 1.165) is 39.5 Å². The third-order valence-electron chi connectivity index (χ3n) is 9.99. The van der Waals surface area contributed by atoms with Crippen molar-refractivity contribution in [1.29, 1.82) is 0 Å². The summed E-state index contributed by atoms with van der Waals surface area (Å²) in [6.07, 6.45) is 0.